The summed E-state index contributed by atoms with van der Waals surface area (Å²) in [6.07, 6.45) is 10.2. The van der Waals surface area contributed by atoms with Crippen LogP contribution in [0.1, 0.15) is 65.2 Å². The fourth-order valence-corrected chi connectivity index (χ4v) is 7.05. The van der Waals surface area contributed by atoms with Crippen molar-refractivity contribution in [3.8, 4) is 0 Å². The van der Waals surface area contributed by atoms with Crippen LogP contribution in [0, 0.1) is 11.8 Å². The molecule has 2 aliphatic rings. The molecule has 2 aliphatic carbocycles. The van der Waals surface area contributed by atoms with E-state index in [1.54, 1.807) is 0 Å². The van der Waals surface area contributed by atoms with Gasteiger partial charge in [0.2, 0.25) is 0 Å². The molecule has 0 N–H and O–H groups in total. The first kappa shape index (κ1) is 13.7. The Morgan fingerprint density at radius 1 is 0.706 bits per heavy atom. The molecule has 0 saturated heterocycles. The van der Waals surface area contributed by atoms with Gasteiger partial charge in [0.15, 0.2) is 0 Å². The quantitative estimate of drug-likeness (QED) is 0.625. The van der Waals surface area contributed by atoms with Crippen LogP contribution < -0.4 is 0 Å². The lowest BCUT2D eigenvalue weighted by Crippen LogP contribution is -2.26. The summed E-state index contributed by atoms with van der Waals surface area (Å²) in [5, 5.41) is 0. The SMILES string of the molecule is CC1CCC(P(C)(=O)C2CCC(C)CC2)CC1. The van der Waals surface area contributed by atoms with Gasteiger partial charge in [-0.15, -0.1) is 0 Å². The van der Waals surface area contributed by atoms with Crippen molar-refractivity contribution in [2.75, 3.05) is 6.66 Å². The van der Waals surface area contributed by atoms with Gasteiger partial charge in [0.25, 0.3) is 0 Å². The van der Waals surface area contributed by atoms with E-state index in [1.165, 1.54) is 51.4 Å². The average molecular weight is 256 g/mol. The van der Waals surface area contributed by atoms with Crippen LogP contribution >= 0.6 is 7.14 Å². The van der Waals surface area contributed by atoms with Crippen LogP contribution in [0.25, 0.3) is 0 Å². The molecule has 0 aromatic heterocycles. The Morgan fingerprint density at radius 2 is 1.00 bits per heavy atom. The van der Waals surface area contributed by atoms with Crippen LogP contribution in [0.15, 0.2) is 0 Å². The largest absolute Gasteiger partial charge is 0.323 e. The fraction of sp³-hybridized carbons (Fsp3) is 1.00. The second-order valence-corrected chi connectivity index (χ2v) is 10.5. The van der Waals surface area contributed by atoms with Crippen molar-refractivity contribution in [1.82, 2.24) is 0 Å². The number of rotatable bonds is 2. The standard InChI is InChI=1S/C15H29OP/c1-12-4-8-14(9-5-12)17(3,16)15-10-6-13(2)7-11-15/h12-15H,4-11H2,1-3H3. The molecule has 2 fully saturated rings. The van der Waals surface area contributed by atoms with E-state index in [0.717, 1.165) is 11.8 Å². The second-order valence-electron chi connectivity index (χ2n) is 6.89. The summed E-state index contributed by atoms with van der Waals surface area (Å²) >= 11 is 0. The van der Waals surface area contributed by atoms with Gasteiger partial charge in [-0.05, 0) is 44.2 Å². The Hall–Kier alpha value is 0.230. The van der Waals surface area contributed by atoms with Gasteiger partial charge in [0.05, 0.1) is 7.14 Å². The minimum absolute atomic E-state index is 0.567. The molecule has 1 nitrogen and oxygen atoms in total. The van der Waals surface area contributed by atoms with E-state index in [9.17, 15) is 4.57 Å². The van der Waals surface area contributed by atoms with Crippen molar-refractivity contribution in [2.24, 2.45) is 11.8 Å². The van der Waals surface area contributed by atoms with E-state index in [1.807, 2.05) is 0 Å². The maximum absolute atomic E-state index is 13.1. The molecule has 0 aromatic rings. The maximum Gasteiger partial charge on any atom is 0.0906 e. The second kappa shape index (κ2) is 5.47. The summed E-state index contributed by atoms with van der Waals surface area (Å²) in [6.45, 7) is 6.83. The molecule has 2 rings (SSSR count). The molecule has 0 heterocycles. The molecule has 0 atom stereocenters. The van der Waals surface area contributed by atoms with Gasteiger partial charge in [0.1, 0.15) is 0 Å². The molecule has 2 saturated carbocycles. The summed E-state index contributed by atoms with van der Waals surface area (Å²) in [5.74, 6) is 1.75. The molecule has 0 radical (unpaired) electrons. The van der Waals surface area contributed by atoms with Gasteiger partial charge in [-0.2, -0.15) is 0 Å². The summed E-state index contributed by atoms with van der Waals surface area (Å²) in [4.78, 5) is 0. The van der Waals surface area contributed by atoms with E-state index in [-0.39, 0.29) is 0 Å². The highest BCUT2D eigenvalue weighted by Gasteiger charge is 2.38. The van der Waals surface area contributed by atoms with Gasteiger partial charge < -0.3 is 4.57 Å². The highest BCUT2D eigenvalue weighted by atomic mass is 31.2. The molecule has 2 heteroatoms. The van der Waals surface area contributed by atoms with Gasteiger partial charge in [-0.25, -0.2) is 0 Å². The normalized spacial score (nSPS) is 43.0. The van der Waals surface area contributed by atoms with Gasteiger partial charge in [0, 0.05) is 11.3 Å². The molecule has 100 valence electrons. The lowest BCUT2D eigenvalue weighted by Gasteiger charge is -2.38. The number of hydrogen-bond donors (Lipinski definition) is 0. The van der Waals surface area contributed by atoms with Gasteiger partial charge >= 0.3 is 0 Å². The smallest absolute Gasteiger partial charge is 0.0906 e. The number of hydrogen-bond acceptors (Lipinski definition) is 1. The van der Waals surface area contributed by atoms with E-state index in [0.29, 0.717) is 11.3 Å². The van der Waals surface area contributed by atoms with E-state index in [2.05, 4.69) is 20.5 Å². The van der Waals surface area contributed by atoms with Crippen LogP contribution in [0.4, 0.5) is 0 Å². The summed E-state index contributed by atoms with van der Waals surface area (Å²) < 4.78 is 13.1. The minimum atomic E-state index is -1.90. The maximum atomic E-state index is 13.1. The van der Waals surface area contributed by atoms with Crippen LogP contribution in [0.2, 0.25) is 0 Å². The third-order valence-electron chi connectivity index (χ3n) is 5.42. The molecule has 0 amide bonds. The van der Waals surface area contributed by atoms with Crippen LogP contribution in [-0.2, 0) is 4.57 Å². The van der Waals surface area contributed by atoms with Gasteiger partial charge in [-0.1, -0.05) is 39.5 Å². The first-order valence-electron chi connectivity index (χ1n) is 7.57. The lowest BCUT2D eigenvalue weighted by atomic mass is 9.90. The minimum Gasteiger partial charge on any atom is -0.323 e. The van der Waals surface area contributed by atoms with E-state index >= 15 is 0 Å². The molecule has 17 heavy (non-hydrogen) atoms. The molecule has 0 aromatic carbocycles. The Balaban J connectivity index is 1.95. The van der Waals surface area contributed by atoms with Gasteiger partial charge in [-0.3, -0.25) is 0 Å². The highest BCUT2D eigenvalue weighted by Crippen LogP contribution is 2.60. The first-order chi connectivity index (χ1) is 8.00. The molecule has 0 unspecified atom stereocenters. The zero-order valence-electron chi connectivity index (χ0n) is 11.8. The zero-order valence-corrected chi connectivity index (χ0v) is 12.7. The molecule has 0 spiro atoms. The monoisotopic (exact) mass is 256 g/mol. The summed E-state index contributed by atoms with van der Waals surface area (Å²) in [7, 11) is -1.90. The topological polar surface area (TPSA) is 17.1 Å². The van der Waals surface area contributed by atoms with E-state index in [4.69, 9.17) is 0 Å². The Labute approximate surface area is 107 Å². The Bertz CT molecular complexity index is 257. The predicted molar refractivity (Wildman–Crippen MR) is 76.4 cm³/mol. The Morgan fingerprint density at radius 3 is 1.29 bits per heavy atom. The Kier molecular flexibility index (Phi) is 4.40. The molecular weight excluding hydrogens is 227 g/mol. The predicted octanol–water partition coefficient (Wildman–Crippen LogP) is 5.14. The lowest BCUT2D eigenvalue weighted by molar-refractivity contribution is 0.361. The molecule has 0 bridgehead atoms. The van der Waals surface area contributed by atoms with Crippen molar-refractivity contribution in [2.45, 2.75) is 76.5 Å². The van der Waals surface area contributed by atoms with Crippen LogP contribution in [0.3, 0.4) is 0 Å². The van der Waals surface area contributed by atoms with Crippen molar-refractivity contribution in [3.05, 3.63) is 0 Å². The van der Waals surface area contributed by atoms with Crippen molar-refractivity contribution in [3.63, 3.8) is 0 Å². The third kappa shape index (κ3) is 3.16. The first-order valence-corrected chi connectivity index (χ1v) is 9.86. The third-order valence-corrected chi connectivity index (χ3v) is 9.35. The summed E-state index contributed by atoms with van der Waals surface area (Å²) in [5.41, 5.74) is 1.13. The summed E-state index contributed by atoms with van der Waals surface area (Å²) in [6, 6.07) is 0. The zero-order chi connectivity index (χ0) is 12.5. The fourth-order valence-electron chi connectivity index (χ4n) is 3.81. The van der Waals surface area contributed by atoms with Crippen molar-refractivity contribution < 1.29 is 4.57 Å². The molecule has 0 aliphatic heterocycles. The van der Waals surface area contributed by atoms with Crippen molar-refractivity contribution >= 4 is 7.14 Å². The van der Waals surface area contributed by atoms with E-state index < -0.39 is 7.14 Å². The molecular formula is C15H29OP. The van der Waals surface area contributed by atoms with Crippen LogP contribution in [0.5, 0.6) is 0 Å². The van der Waals surface area contributed by atoms with Crippen LogP contribution in [-0.4, -0.2) is 18.0 Å². The average Bonchev–Trinajstić information content (AvgIpc) is 2.30. The highest BCUT2D eigenvalue weighted by molar-refractivity contribution is 7.64. The van der Waals surface area contributed by atoms with Crippen molar-refractivity contribution in [1.29, 1.82) is 0 Å².